The molecule has 0 saturated heterocycles. The highest BCUT2D eigenvalue weighted by Gasteiger charge is 2.28. The first-order chi connectivity index (χ1) is 27.5. The molecule has 5 N–H and O–H groups in total. The number of ether oxygens (including phenoxy) is 2. The fraction of sp³-hybridized carbons (Fsp3) is 0.659. The number of phosphoric acid groups is 1. The van der Waals surface area contributed by atoms with Gasteiger partial charge in [0.15, 0.2) is 6.10 Å². The number of rotatable bonds is 38. The third kappa shape index (κ3) is 38.2. The van der Waals surface area contributed by atoms with Gasteiger partial charge in [-0.25, -0.2) is 4.57 Å². The molecule has 0 bridgehead atoms. The van der Waals surface area contributed by atoms with Crippen molar-refractivity contribution in [3.8, 4) is 0 Å². The second-order valence-electron chi connectivity index (χ2n) is 13.9. The van der Waals surface area contributed by atoms with Crippen molar-refractivity contribution in [2.75, 3.05) is 19.8 Å². The summed E-state index contributed by atoms with van der Waals surface area (Å²) in [5, 5.41) is 18.3. The standard InChI is InChI=1S/C44H74NO11P/c1-3-5-6-7-8-9-10-11-12-17-20-23-26-29-32-35-43(48)56-40(37-54-57(51,52)55-38-41(45)44(49)50)36-53-42(47)34-31-28-25-22-19-16-14-13-15-18-21-24-27-30-33-39(46)4-2/h9-10,14-16,18,22,24-25,27,30,33,39-41,46H,3-8,11-13,17,19-21,23,26,28-29,31-32,34-38,45H2,1-2H3,(H,49,50)(H,51,52)/b10-9-,16-14-,18-15-,25-22-,27-24-,33-30+/t39-,40+,41-/m0/s1. The van der Waals surface area contributed by atoms with Crippen molar-refractivity contribution in [1.29, 1.82) is 0 Å². The molecule has 0 aromatic heterocycles. The maximum Gasteiger partial charge on any atom is 0.472 e. The van der Waals surface area contributed by atoms with Crippen LogP contribution in [0, 0.1) is 0 Å². The van der Waals surface area contributed by atoms with Gasteiger partial charge in [-0.15, -0.1) is 0 Å². The highest BCUT2D eigenvalue weighted by atomic mass is 31.2. The maximum atomic E-state index is 12.6. The third-order valence-electron chi connectivity index (χ3n) is 8.60. The van der Waals surface area contributed by atoms with Crippen molar-refractivity contribution in [3.05, 3.63) is 72.9 Å². The number of phosphoric ester groups is 1. The summed E-state index contributed by atoms with van der Waals surface area (Å²) in [5.41, 5.74) is 5.32. The molecule has 12 nitrogen and oxygen atoms in total. The molecule has 0 aliphatic rings. The lowest BCUT2D eigenvalue weighted by Gasteiger charge is -2.20. The molecular weight excluding hydrogens is 749 g/mol. The zero-order chi connectivity index (χ0) is 42.2. The van der Waals surface area contributed by atoms with E-state index in [4.69, 9.17) is 24.8 Å². The highest BCUT2D eigenvalue weighted by molar-refractivity contribution is 7.47. The predicted molar refractivity (Wildman–Crippen MR) is 227 cm³/mol. The molecule has 0 aromatic rings. The van der Waals surface area contributed by atoms with Crippen LogP contribution in [-0.4, -0.2) is 71.1 Å². The highest BCUT2D eigenvalue weighted by Crippen LogP contribution is 2.43. The van der Waals surface area contributed by atoms with E-state index >= 15 is 0 Å². The Morgan fingerprint density at radius 3 is 1.75 bits per heavy atom. The number of nitrogens with two attached hydrogens (primary N) is 1. The number of esters is 2. The Kier molecular flexibility index (Phi) is 36.3. The Bertz CT molecular complexity index is 1260. The average Bonchev–Trinajstić information content (AvgIpc) is 3.19. The molecule has 0 aliphatic carbocycles. The van der Waals surface area contributed by atoms with Crippen LogP contribution in [0.5, 0.6) is 0 Å². The van der Waals surface area contributed by atoms with Crippen LogP contribution in [0.15, 0.2) is 72.9 Å². The van der Waals surface area contributed by atoms with Gasteiger partial charge in [0, 0.05) is 12.8 Å². The first kappa shape index (κ1) is 53.9. The monoisotopic (exact) mass is 823 g/mol. The number of hydrogen-bond acceptors (Lipinski definition) is 10. The largest absolute Gasteiger partial charge is 0.480 e. The summed E-state index contributed by atoms with van der Waals surface area (Å²) >= 11 is 0. The fourth-order valence-electron chi connectivity index (χ4n) is 5.10. The van der Waals surface area contributed by atoms with E-state index in [-0.39, 0.29) is 12.8 Å². The zero-order valence-electron chi connectivity index (χ0n) is 34.8. The number of carbonyl (C=O) groups excluding carboxylic acids is 2. The summed E-state index contributed by atoms with van der Waals surface area (Å²) in [7, 11) is -4.74. The normalized spacial score (nSPS) is 15.0. The van der Waals surface area contributed by atoms with Crippen molar-refractivity contribution in [2.45, 2.75) is 167 Å². The van der Waals surface area contributed by atoms with E-state index in [1.165, 1.54) is 44.9 Å². The molecular formula is C44H74NO11P. The van der Waals surface area contributed by atoms with Crippen LogP contribution in [0.25, 0.3) is 0 Å². The third-order valence-corrected chi connectivity index (χ3v) is 9.55. The van der Waals surface area contributed by atoms with Gasteiger partial charge in [-0.2, -0.15) is 0 Å². The summed E-state index contributed by atoms with van der Waals surface area (Å²) in [6.45, 7) is 2.37. The predicted octanol–water partition coefficient (Wildman–Crippen LogP) is 9.92. The van der Waals surface area contributed by atoms with E-state index < -0.39 is 63.8 Å². The van der Waals surface area contributed by atoms with Gasteiger partial charge < -0.3 is 30.3 Å². The van der Waals surface area contributed by atoms with E-state index in [9.17, 15) is 28.9 Å². The first-order valence-corrected chi connectivity index (χ1v) is 22.6. The Hall–Kier alpha value is -3.12. The molecule has 0 aliphatic heterocycles. The van der Waals surface area contributed by atoms with Gasteiger partial charge in [-0.05, 0) is 70.6 Å². The smallest absolute Gasteiger partial charge is 0.472 e. The number of unbranched alkanes of at least 4 members (excludes halogenated alkanes) is 12. The molecule has 57 heavy (non-hydrogen) atoms. The number of aliphatic carboxylic acids is 1. The molecule has 0 aromatic carbocycles. The van der Waals surface area contributed by atoms with E-state index in [1.54, 1.807) is 6.08 Å². The van der Waals surface area contributed by atoms with E-state index in [1.807, 2.05) is 37.3 Å². The van der Waals surface area contributed by atoms with Crippen LogP contribution >= 0.6 is 7.82 Å². The van der Waals surface area contributed by atoms with Crippen molar-refractivity contribution in [2.24, 2.45) is 5.73 Å². The van der Waals surface area contributed by atoms with E-state index in [2.05, 4.69) is 47.9 Å². The van der Waals surface area contributed by atoms with E-state index in [0.717, 1.165) is 51.4 Å². The Labute approximate surface area is 343 Å². The topological polar surface area (TPSA) is 192 Å². The van der Waals surface area contributed by atoms with Crippen LogP contribution in [0.1, 0.15) is 149 Å². The number of aliphatic hydroxyl groups excluding tert-OH is 1. The van der Waals surface area contributed by atoms with Gasteiger partial charge in [-0.3, -0.25) is 23.4 Å². The summed E-state index contributed by atoms with van der Waals surface area (Å²) in [4.78, 5) is 45.9. The molecule has 13 heteroatoms. The van der Waals surface area contributed by atoms with Crippen molar-refractivity contribution in [3.63, 3.8) is 0 Å². The van der Waals surface area contributed by atoms with Crippen LogP contribution < -0.4 is 5.73 Å². The Morgan fingerprint density at radius 2 is 1.14 bits per heavy atom. The van der Waals surface area contributed by atoms with Gasteiger partial charge in [0.2, 0.25) is 0 Å². The molecule has 4 atom stereocenters. The number of aliphatic hydroxyl groups is 1. The molecule has 0 amide bonds. The lowest BCUT2D eigenvalue weighted by molar-refractivity contribution is -0.161. The number of hydrogen-bond donors (Lipinski definition) is 4. The summed E-state index contributed by atoms with van der Waals surface area (Å²) < 4.78 is 32.6. The quantitative estimate of drug-likeness (QED) is 0.0152. The van der Waals surface area contributed by atoms with Crippen LogP contribution in [-0.2, 0) is 37.5 Å². The maximum absolute atomic E-state index is 12.6. The minimum absolute atomic E-state index is 0.125. The average molecular weight is 824 g/mol. The van der Waals surface area contributed by atoms with Crippen molar-refractivity contribution >= 4 is 25.7 Å². The molecule has 0 rings (SSSR count). The van der Waals surface area contributed by atoms with Gasteiger partial charge in [-0.1, -0.05) is 138 Å². The Morgan fingerprint density at radius 1 is 0.632 bits per heavy atom. The Balaban J connectivity index is 4.51. The summed E-state index contributed by atoms with van der Waals surface area (Å²) in [6, 6.07) is -1.54. The van der Waals surface area contributed by atoms with Crippen LogP contribution in [0.4, 0.5) is 0 Å². The number of carboxylic acid groups (broad SMARTS) is 1. The second-order valence-corrected chi connectivity index (χ2v) is 15.4. The number of carboxylic acids is 1. The van der Waals surface area contributed by atoms with Crippen molar-refractivity contribution < 1.29 is 52.6 Å². The molecule has 0 radical (unpaired) electrons. The molecule has 1 unspecified atom stereocenters. The van der Waals surface area contributed by atoms with Crippen molar-refractivity contribution in [1.82, 2.24) is 0 Å². The van der Waals surface area contributed by atoms with Gasteiger partial charge in [0.05, 0.1) is 19.3 Å². The first-order valence-electron chi connectivity index (χ1n) is 21.1. The lowest BCUT2D eigenvalue weighted by Crippen LogP contribution is -2.34. The SMILES string of the molecule is CCCCCC/C=C\CCCCCCCCCC(=O)O[C@H](COC(=O)CCC/C=C\C/C=C\C/C=C\C/C=C\C=C\[C@@H](O)CC)COP(=O)(O)OC[C@H](N)C(=O)O. The van der Waals surface area contributed by atoms with Gasteiger partial charge >= 0.3 is 25.7 Å². The number of allylic oxidation sites excluding steroid dienone is 11. The zero-order valence-corrected chi connectivity index (χ0v) is 35.7. The van der Waals surface area contributed by atoms with Gasteiger partial charge in [0.1, 0.15) is 12.6 Å². The lowest BCUT2D eigenvalue weighted by atomic mass is 10.1. The van der Waals surface area contributed by atoms with Crippen LogP contribution in [0.2, 0.25) is 0 Å². The molecule has 0 heterocycles. The van der Waals surface area contributed by atoms with E-state index in [0.29, 0.717) is 25.7 Å². The minimum atomic E-state index is -4.74. The number of carbonyl (C=O) groups is 3. The minimum Gasteiger partial charge on any atom is -0.480 e. The molecule has 326 valence electrons. The van der Waals surface area contributed by atoms with Gasteiger partial charge in [0.25, 0.3) is 0 Å². The summed E-state index contributed by atoms with van der Waals surface area (Å²) in [6.07, 6.45) is 42.1. The fourth-order valence-corrected chi connectivity index (χ4v) is 5.88. The van der Waals surface area contributed by atoms with Crippen LogP contribution in [0.3, 0.4) is 0 Å². The molecule has 0 fully saturated rings. The molecule has 0 saturated carbocycles. The molecule has 0 spiro atoms. The second kappa shape index (κ2) is 38.4. The summed E-state index contributed by atoms with van der Waals surface area (Å²) in [5.74, 6) is -2.49.